The van der Waals surface area contributed by atoms with Gasteiger partial charge in [0.2, 0.25) is 11.8 Å². The van der Waals surface area contributed by atoms with E-state index in [0.29, 0.717) is 17.7 Å². The molecule has 2 aromatic rings. The molecule has 3 amide bonds. The molecule has 0 aliphatic rings. The molecule has 7 nitrogen and oxygen atoms in total. The number of terminal acetylenes is 1. The van der Waals surface area contributed by atoms with Crippen molar-refractivity contribution in [1.82, 2.24) is 15.5 Å². The molecule has 0 saturated carbocycles. The molecule has 2 atom stereocenters. The number of unbranched alkanes of at least 4 members (excludes halogenated alkanes) is 1. The SMILES string of the molecule is C#Cc1ccccc1C(C(=O)NCCCC)N(C(=O)C(Cc1ccccc1)NC(=O)OC(C)(C)C)C(C)C. The van der Waals surface area contributed by atoms with Crippen molar-refractivity contribution in [3.8, 4) is 12.3 Å². The number of hydrogen-bond donors (Lipinski definition) is 2. The van der Waals surface area contributed by atoms with Gasteiger partial charge in [0.25, 0.3) is 0 Å². The lowest BCUT2D eigenvalue weighted by atomic mass is 9.95. The lowest BCUT2D eigenvalue weighted by Gasteiger charge is -2.37. The van der Waals surface area contributed by atoms with E-state index in [1.807, 2.05) is 51.1 Å². The zero-order chi connectivity index (χ0) is 28.3. The van der Waals surface area contributed by atoms with Crippen molar-refractivity contribution in [3.63, 3.8) is 0 Å². The number of nitrogens with one attached hydrogen (secondary N) is 2. The molecule has 0 heterocycles. The van der Waals surface area contributed by atoms with Gasteiger partial charge in [-0.15, -0.1) is 6.42 Å². The number of benzene rings is 2. The molecule has 2 aromatic carbocycles. The molecule has 0 aromatic heterocycles. The molecule has 2 unspecified atom stereocenters. The summed E-state index contributed by atoms with van der Waals surface area (Å²) in [7, 11) is 0. The number of nitrogens with zero attached hydrogens (tertiary/aromatic N) is 1. The van der Waals surface area contributed by atoms with Crippen LogP contribution in [0, 0.1) is 12.3 Å². The van der Waals surface area contributed by atoms with Crippen molar-refractivity contribution in [2.45, 2.75) is 84.5 Å². The van der Waals surface area contributed by atoms with Gasteiger partial charge in [-0.3, -0.25) is 9.59 Å². The monoisotopic (exact) mass is 519 g/mol. The van der Waals surface area contributed by atoms with Gasteiger partial charge in [-0.05, 0) is 58.2 Å². The van der Waals surface area contributed by atoms with Crippen LogP contribution in [0.5, 0.6) is 0 Å². The van der Waals surface area contributed by atoms with E-state index in [1.165, 1.54) is 4.90 Å². The van der Waals surface area contributed by atoms with E-state index >= 15 is 0 Å². The molecule has 0 radical (unpaired) electrons. The maximum Gasteiger partial charge on any atom is 0.408 e. The second-order valence-electron chi connectivity index (χ2n) is 10.5. The Morgan fingerprint density at radius 2 is 1.66 bits per heavy atom. The first kappa shape index (κ1) is 30.4. The highest BCUT2D eigenvalue weighted by atomic mass is 16.6. The largest absolute Gasteiger partial charge is 0.444 e. The van der Waals surface area contributed by atoms with E-state index in [1.54, 1.807) is 45.0 Å². The predicted octanol–water partition coefficient (Wildman–Crippen LogP) is 5.00. The Morgan fingerprint density at radius 1 is 1.03 bits per heavy atom. The lowest BCUT2D eigenvalue weighted by Crippen LogP contribution is -2.55. The van der Waals surface area contributed by atoms with Crippen LogP contribution >= 0.6 is 0 Å². The van der Waals surface area contributed by atoms with Gasteiger partial charge >= 0.3 is 6.09 Å². The van der Waals surface area contributed by atoms with Gasteiger partial charge < -0.3 is 20.3 Å². The minimum absolute atomic E-state index is 0.225. The van der Waals surface area contributed by atoms with Crippen LogP contribution in [0.25, 0.3) is 0 Å². The van der Waals surface area contributed by atoms with Gasteiger partial charge in [-0.1, -0.05) is 67.8 Å². The first-order valence-corrected chi connectivity index (χ1v) is 13.2. The second-order valence-corrected chi connectivity index (χ2v) is 10.5. The molecule has 0 saturated heterocycles. The van der Waals surface area contributed by atoms with E-state index in [-0.39, 0.29) is 18.4 Å². The fourth-order valence-corrected chi connectivity index (χ4v) is 4.13. The van der Waals surface area contributed by atoms with Gasteiger partial charge in [0.15, 0.2) is 0 Å². The van der Waals surface area contributed by atoms with Crippen molar-refractivity contribution in [1.29, 1.82) is 0 Å². The van der Waals surface area contributed by atoms with Crippen LogP contribution in [0.4, 0.5) is 4.79 Å². The average molecular weight is 520 g/mol. The summed E-state index contributed by atoms with van der Waals surface area (Å²) in [4.78, 5) is 42.2. The molecular formula is C31H41N3O4. The van der Waals surface area contributed by atoms with Crippen molar-refractivity contribution in [2.24, 2.45) is 0 Å². The standard InChI is InChI=1S/C31H41N3O4/c1-8-10-20-32-28(35)27(25-19-15-14-18-24(25)9-2)34(22(3)4)29(36)26(21-23-16-12-11-13-17-23)33-30(37)38-31(5,6)7/h2,11-19,22,26-27H,8,10,20-21H2,1,3-7H3,(H,32,35)(H,33,37). The highest BCUT2D eigenvalue weighted by Crippen LogP contribution is 2.28. The highest BCUT2D eigenvalue weighted by Gasteiger charge is 2.38. The quantitative estimate of drug-likeness (QED) is 0.323. The molecule has 2 rings (SSSR count). The van der Waals surface area contributed by atoms with E-state index < -0.39 is 29.7 Å². The van der Waals surface area contributed by atoms with Crippen LogP contribution in [0.2, 0.25) is 0 Å². The van der Waals surface area contributed by atoms with E-state index in [9.17, 15) is 14.4 Å². The Hall–Kier alpha value is -3.79. The summed E-state index contributed by atoms with van der Waals surface area (Å²) >= 11 is 0. The van der Waals surface area contributed by atoms with Crippen LogP contribution in [0.1, 0.15) is 77.1 Å². The van der Waals surface area contributed by atoms with Crippen molar-refractivity contribution >= 4 is 17.9 Å². The van der Waals surface area contributed by atoms with Crippen LogP contribution < -0.4 is 10.6 Å². The number of rotatable bonds is 11. The Balaban J connectivity index is 2.55. The Labute approximate surface area is 227 Å². The summed E-state index contributed by atoms with van der Waals surface area (Å²) < 4.78 is 5.46. The lowest BCUT2D eigenvalue weighted by molar-refractivity contribution is -0.144. The van der Waals surface area contributed by atoms with Gasteiger partial charge in [-0.25, -0.2) is 4.79 Å². The second kappa shape index (κ2) is 14.2. The summed E-state index contributed by atoms with van der Waals surface area (Å²) in [5, 5.41) is 5.73. The third kappa shape index (κ3) is 8.95. The minimum atomic E-state index is -0.981. The van der Waals surface area contributed by atoms with Gasteiger partial charge in [0.05, 0.1) is 0 Å². The van der Waals surface area contributed by atoms with Crippen LogP contribution in [0.15, 0.2) is 54.6 Å². The summed E-state index contributed by atoms with van der Waals surface area (Å²) in [5.74, 6) is 1.92. The number of alkyl carbamates (subject to hydrolysis) is 1. The number of hydrogen-bond acceptors (Lipinski definition) is 4. The molecule has 0 aliphatic heterocycles. The first-order valence-electron chi connectivity index (χ1n) is 13.2. The van der Waals surface area contributed by atoms with E-state index in [0.717, 1.165) is 18.4 Å². The predicted molar refractivity (Wildman–Crippen MR) is 150 cm³/mol. The summed E-state index contributed by atoms with van der Waals surface area (Å²) in [6.45, 7) is 11.5. The maximum atomic E-state index is 14.3. The Morgan fingerprint density at radius 3 is 2.24 bits per heavy atom. The third-order valence-electron chi connectivity index (χ3n) is 5.85. The number of carbonyl (C=O) groups excluding carboxylic acids is 3. The van der Waals surface area contributed by atoms with Gasteiger partial charge in [-0.2, -0.15) is 0 Å². The molecule has 7 heteroatoms. The van der Waals surface area contributed by atoms with E-state index in [4.69, 9.17) is 11.2 Å². The normalized spacial score (nSPS) is 12.7. The Kier molecular flexibility index (Phi) is 11.4. The number of ether oxygens (including phenoxy) is 1. The number of carbonyl (C=O) groups is 3. The highest BCUT2D eigenvalue weighted by molar-refractivity contribution is 5.93. The van der Waals surface area contributed by atoms with Crippen LogP contribution in [0.3, 0.4) is 0 Å². The topological polar surface area (TPSA) is 87.7 Å². The zero-order valence-electron chi connectivity index (χ0n) is 23.4. The maximum absolute atomic E-state index is 14.3. The molecule has 38 heavy (non-hydrogen) atoms. The van der Waals surface area contributed by atoms with Crippen LogP contribution in [-0.2, 0) is 20.7 Å². The van der Waals surface area contributed by atoms with Crippen molar-refractivity contribution < 1.29 is 19.1 Å². The Bertz CT molecular complexity index is 1120. The molecule has 204 valence electrons. The fourth-order valence-electron chi connectivity index (χ4n) is 4.13. The molecular weight excluding hydrogens is 478 g/mol. The fraction of sp³-hybridized carbons (Fsp3) is 0.452. The van der Waals surface area contributed by atoms with Crippen LogP contribution in [-0.4, -0.2) is 47.0 Å². The van der Waals surface area contributed by atoms with Gasteiger partial charge in [0, 0.05) is 24.6 Å². The molecule has 0 aliphatic carbocycles. The summed E-state index contributed by atoms with van der Waals surface area (Å²) in [5.41, 5.74) is 1.21. The summed E-state index contributed by atoms with van der Waals surface area (Å²) in [6.07, 6.45) is 7.03. The minimum Gasteiger partial charge on any atom is -0.444 e. The van der Waals surface area contributed by atoms with Gasteiger partial charge in [0.1, 0.15) is 17.7 Å². The molecule has 0 bridgehead atoms. The number of amides is 3. The molecule has 2 N–H and O–H groups in total. The smallest absolute Gasteiger partial charge is 0.408 e. The van der Waals surface area contributed by atoms with Crippen molar-refractivity contribution in [2.75, 3.05) is 6.54 Å². The third-order valence-corrected chi connectivity index (χ3v) is 5.85. The van der Waals surface area contributed by atoms with E-state index in [2.05, 4.69) is 16.6 Å². The molecule has 0 fully saturated rings. The molecule has 0 spiro atoms. The summed E-state index contributed by atoms with van der Waals surface area (Å²) in [6, 6.07) is 14.2. The average Bonchev–Trinajstić information content (AvgIpc) is 2.85. The van der Waals surface area contributed by atoms with Crippen molar-refractivity contribution in [3.05, 3.63) is 71.3 Å². The first-order chi connectivity index (χ1) is 18.0. The zero-order valence-corrected chi connectivity index (χ0v) is 23.4.